The molecule has 194 valence electrons. The van der Waals surface area contributed by atoms with Crippen molar-refractivity contribution in [3.05, 3.63) is 96.1 Å². The number of carbonyl (C=O) groups is 3. The number of nitrogens with one attached hydrogen (secondary N) is 2. The zero-order valence-electron chi connectivity index (χ0n) is 20.9. The molecule has 0 fully saturated rings. The van der Waals surface area contributed by atoms with Crippen LogP contribution in [0.15, 0.2) is 89.8 Å². The van der Waals surface area contributed by atoms with E-state index in [-0.39, 0.29) is 22.8 Å². The number of carbonyl (C=O) groups excluding carboxylic acids is 2. The van der Waals surface area contributed by atoms with Gasteiger partial charge in [-0.25, -0.2) is 4.79 Å². The quantitative estimate of drug-likeness (QED) is 0.148. The van der Waals surface area contributed by atoms with Gasteiger partial charge in [-0.2, -0.15) is 0 Å². The fourth-order valence-corrected chi connectivity index (χ4v) is 4.55. The maximum absolute atomic E-state index is 13.0. The third kappa shape index (κ3) is 6.92. The molecule has 0 radical (unpaired) electrons. The molecule has 0 spiro atoms. The van der Waals surface area contributed by atoms with Crippen LogP contribution < -0.4 is 15.4 Å². The summed E-state index contributed by atoms with van der Waals surface area (Å²) in [5.74, 6) is -0.604. The SMILES string of the molecule is CCCCOc1ccc(NC(=O)CSc2ccc(NC(=O)c3cccc4cccc(C(=O)O)c34)cc2)cc1. The van der Waals surface area contributed by atoms with Gasteiger partial charge in [0.2, 0.25) is 5.91 Å². The van der Waals surface area contributed by atoms with Crippen molar-refractivity contribution in [1.82, 2.24) is 0 Å². The van der Waals surface area contributed by atoms with Crippen LogP contribution in [0.5, 0.6) is 5.75 Å². The Bertz CT molecular complexity index is 1430. The third-order valence-corrected chi connectivity index (χ3v) is 6.78. The Labute approximate surface area is 225 Å². The van der Waals surface area contributed by atoms with E-state index >= 15 is 0 Å². The summed E-state index contributed by atoms with van der Waals surface area (Å²) in [6.07, 6.45) is 2.07. The first kappa shape index (κ1) is 26.8. The molecule has 0 heterocycles. The van der Waals surface area contributed by atoms with Crippen molar-refractivity contribution in [2.45, 2.75) is 24.7 Å². The van der Waals surface area contributed by atoms with Crippen LogP contribution in [0.4, 0.5) is 11.4 Å². The van der Waals surface area contributed by atoms with E-state index in [4.69, 9.17) is 4.74 Å². The highest BCUT2D eigenvalue weighted by molar-refractivity contribution is 8.00. The molecule has 2 amide bonds. The predicted molar refractivity (Wildman–Crippen MR) is 152 cm³/mol. The number of rotatable bonds is 11. The van der Waals surface area contributed by atoms with Gasteiger partial charge in [-0.3, -0.25) is 9.59 Å². The second-order valence-corrected chi connectivity index (χ2v) is 9.60. The highest BCUT2D eigenvalue weighted by atomic mass is 32.2. The minimum Gasteiger partial charge on any atom is -0.494 e. The summed E-state index contributed by atoms with van der Waals surface area (Å²) in [5, 5.41) is 16.3. The van der Waals surface area contributed by atoms with Crippen molar-refractivity contribution in [3.63, 3.8) is 0 Å². The van der Waals surface area contributed by atoms with Gasteiger partial charge < -0.3 is 20.5 Å². The van der Waals surface area contributed by atoms with Crippen molar-refractivity contribution in [1.29, 1.82) is 0 Å². The van der Waals surface area contributed by atoms with Crippen molar-refractivity contribution in [3.8, 4) is 5.75 Å². The van der Waals surface area contributed by atoms with E-state index in [1.165, 1.54) is 17.8 Å². The van der Waals surface area contributed by atoms with E-state index in [0.717, 1.165) is 23.5 Å². The Morgan fingerprint density at radius 1 is 0.816 bits per heavy atom. The topological polar surface area (TPSA) is 105 Å². The van der Waals surface area contributed by atoms with Crippen LogP contribution in [0.2, 0.25) is 0 Å². The number of anilines is 2. The summed E-state index contributed by atoms with van der Waals surface area (Å²) in [7, 11) is 0. The zero-order valence-corrected chi connectivity index (χ0v) is 21.7. The molecule has 0 saturated heterocycles. The van der Waals surface area contributed by atoms with E-state index in [1.807, 2.05) is 36.4 Å². The number of hydrogen-bond donors (Lipinski definition) is 3. The first-order valence-corrected chi connectivity index (χ1v) is 13.2. The van der Waals surface area contributed by atoms with Crippen molar-refractivity contribution in [2.24, 2.45) is 0 Å². The molecule has 38 heavy (non-hydrogen) atoms. The van der Waals surface area contributed by atoms with Gasteiger partial charge in [0.05, 0.1) is 17.9 Å². The maximum Gasteiger partial charge on any atom is 0.336 e. The van der Waals surface area contributed by atoms with Gasteiger partial charge in [0.1, 0.15) is 5.75 Å². The second kappa shape index (κ2) is 12.8. The van der Waals surface area contributed by atoms with Crippen LogP contribution >= 0.6 is 11.8 Å². The highest BCUT2D eigenvalue weighted by Gasteiger charge is 2.16. The lowest BCUT2D eigenvalue weighted by molar-refractivity contribution is -0.113. The summed E-state index contributed by atoms with van der Waals surface area (Å²) in [5.41, 5.74) is 1.64. The molecule has 4 rings (SSSR count). The number of carboxylic acids is 1. The van der Waals surface area contributed by atoms with Crippen molar-refractivity contribution in [2.75, 3.05) is 23.0 Å². The number of ether oxygens (including phenoxy) is 1. The first-order valence-electron chi connectivity index (χ1n) is 12.3. The molecule has 7 nitrogen and oxygen atoms in total. The number of aromatic carboxylic acids is 1. The van der Waals surface area contributed by atoms with E-state index < -0.39 is 11.9 Å². The summed E-state index contributed by atoms with van der Waals surface area (Å²) in [6.45, 7) is 2.79. The Morgan fingerprint density at radius 2 is 1.45 bits per heavy atom. The number of benzene rings is 4. The molecule has 4 aromatic rings. The largest absolute Gasteiger partial charge is 0.494 e. The van der Waals surface area contributed by atoms with Gasteiger partial charge in [0, 0.05) is 27.2 Å². The monoisotopic (exact) mass is 528 g/mol. The van der Waals surface area contributed by atoms with Crippen LogP contribution in [0.25, 0.3) is 10.8 Å². The number of thioether (sulfide) groups is 1. The average Bonchev–Trinajstić information content (AvgIpc) is 2.93. The number of hydrogen-bond acceptors (Lipinski definition) is 5. The molecule has 0 aliphatic heterocycles. The molecule has 0 aliphatic rings. The number of fused-ring (bicyclic) bond motifs is 1. The van der Waals surface area contributed by atoms with Gasteiger partial charge in [0.25, 0.3) is 5.91 Å². The molecule has 0 atom stereocenters. The smallest absolute Gasteiger partial charge is 0.336 e. The van der Waals surface area contributed by atoms with Gasteiger partial charge in [-0.05, 0) is 72.5 Å². The lowest BCUT2D eigenvalue weighted by Gasteiger charge is -2.11. The fourth-order valence-electron chi connectivity index (χ4n) is 3.86. The highest BCUT2D eigenvalue weighted by Crippen LogP contribution is 2.26. The predicted octanol–water partition coefficient (Wildman–Crippen LogP) is 6.70. The van der Waals surface area contributed by atoms with Crippen LogP contribution in [0.3, 0.4) is 0 Å². The molecule has 0 aromatic heterocycles. The maximum atomic E-state index is 13.0. The molecule has 0 saturated carbocycles. The van der Waals surface area contributed by atoms with Gasteiger partial charge in [-0.1, -0.05) is 37.6 Å². The van der Waals surface area contributed by atoms with E-state index in [0.29, 0.717) is 28.8 Å². The summed E-state index contributed by atoms with van der Waals surface area (Å²) in [4.78, 5) is 37.9. The minimum absolute atomic E-state index is 0.0783. The number of carboxylic acid groups (broad SMARTS) is 1. The van der Waals surface area contributed by atoms with Gasteiger partial charge >= 0.3 is 5.97 Å². The summed E-state index contributed by atoms with van der Waals surface area (Å²) < 4.78 is 5.64. The standard InChI is InChI=1S/C30H28N2O5S/c1-2-3-18-37-23-14-10-21(11-15-23)31-27(33)19-38-24-16-12-22(13-17-24)32-29(34)25-8-4-6-20-7-5-9-26(28(20)25)30(35)36/h4-17H,2-3,18-19H2,1H3,(H,31,33)(H,32,34)(H,35,36). The first-order chi connectivity index (χ1) is 18.4. The van der Waals surface area contributed by atoms with Crippen molar-refractivity contribution >= 4 is 51.7 Å². The molecule has 0 aliphatic carbocycles. The van der Waals surface area contributed by atoms with E-state index in [1.54, 1.807) is 42.5 Å². The Balaban J connectivity index is 1.32. The molecule has 0 bridgehead atoms. The zero-order chi connectivity index (χ0) is 26.9. The normalized spacial score (nSPS) is 10.7. The molecular weight excluding hydrogens is 500 g/mol. The average molecular weight is 529 g/mol. The lowest BCUT2D eigenvalue weighted by Crippen LogP contribution is -2.14. The van der Waals surface area contributed by atoms with Crippen LogP contribution in [0.1, 0.15) is 40.5 Å². The Hall–Kier alpha value is -4.30. The van der Waals surface area contributed by atoms with Crippen LogP contribution in [0, 0.1) is 0 Å². The molecule has 0 unspecified atom stereocenters. The van der Waals surface area contributed by atoms with Gasteiger partial charge in [0.15, 0.2) is 0 Å². The van der Waals surface area contributed by atoms with E-state index in [9.17, 15) is 19.5 Å². The number of unbranched alkanes of at least 4 members (excludes halogenated alkanes) is 1. The number of amides is 2. The fraction of sp³-hybridized carbons (Fsp3) is 0.167. The van der Waals surface area contributed by atoms with Crippen LogP contribution in [-0.4, -0.2) is 35.2 Å². The van der Waals surface area contributed by atoms with E-state index in [2.05, 4.69) is 17.6 Å². The van der Waals surface area contributed by atoms with Crippen molar-refractivity contribution < 1.29 is 24.2 Å². The Kier molecular flexibility index (Phi) is 9.00. The second-order valence-electron chi connectivity index (χ2n) is 8.56. The lowest BCUT2D eigenvalue weighted by atomic mass is 9.98. The molecule has 4 aromatic carbocycles. The molecular formula is C30H28N2O5S. The minimum atomic E-state index is -1.09. The summed E-state index contributed by atoms with van der Waals surface area (Å²) in [6, 6.07) is 24.5. The molecule has 8 heteroatoms. The van der Waals surface area contributed by atoms with Gasteiger partial charge in [-0.15, -0.1) is 11.8 Å². The Morgan fingerprint density at radius 3 is 2.11 bits per heavy atom. The molecule has 3 N–H and O–H groups in total. The summed E-state index contributed by atoms with van der Waals surface area (Å²) >= 11 is 1.38. The third-order valence-electron chi connectivity index (χ3n) is 5.77. The van der Waals surface area contributed by atoms with Crippen LogP contribution in [-0.2, 0) is 4.79 Å².